The first-order valence-electron chi connectivity index (χ1n) is 8.85. The minimum atomic E-state index is 0.706. The van der Waals surface area contributed by atoms with Gasteiger partial charge < -0.3 is 19.9 Å². The lowest BCUT2D eigenvalue weighted by Crippen LogP contribution is -2.46. The molecule has 2 heterocycles. The molecule has 0 spiro atoms. The Morgan fingerprint density at radius 3 is 2.69 bits per heavy atom. The van der Waals surface area contributed by atoms with E-state index >= 15 is 0 Å². The van der Waals surface area contributed by atoms with Gasteiger partial charge in [0, 0.05) is 44.5 Å². The molecule has 26 heavy (non-hydrogen) atoms. The van der Waals surface area contributed by atoms with E-state index in [-0.39, 0.29) is 0 Å². The maximum atomic E-state index is 10.8. The lowest BCUT2D eigenvalue weighted by atomic mass is 10.1. The number of carbonyl (C=O) groups is 1. The van der Waals surface area contributed by atoms with Crippen molar-refractivity contribution in [2.24, 2.45) is 0 Å². The summed E-state index contributed by atoms with van der Waals surface area (Å²) in [6, 6.07) is 9.99. The Morgan fingerprint density at radius 2 is 1.96 bits per heavy atom. The molecule has 0 saturated carbocycles. The van der Waals surface area contributed by atoms with E-state index in [0.29, 0.717) is 13.1 Å². The molecular formula is C19H25N5O2. The first-order valence-corrected chi connectivity index (χ1v) is 8.85. The molecule has 7 heteroatoms. The van der Waals surface area contributed by atoms with Crippen LogP contribution in [0.25, 0.3) is 0 Å². The van der Waals surface area contributed by atoms with Gasteiger partial charge in [-0.25, -0.2) is 4.98 Å². The molecule has 1 saturated heterocycles. The Hall–Kier alpha value is -2.83. The summed E-state index contributed by atoms with van der Waals surface area (Å²) in [7, 11) is 1.69. The van der Waals surface area contributed by atoms with Crippen molar-refractivity contribution in [1.82, 2.24) is 14.9 Å². The van der Waals surface area contributed by atoms with Crippen molar-refractivity contribution in [3.05, 3.63) is 41.6 Å². The molecule has 1 amide bonds. The Morgan fingerprint density at radius 1 is 1.19 bits per heavy atom. The van der Waals surface area contributed by atoms with Crippen molar-refractivity contribution in [2.45, 2.75) is 13.3 Å². The summed E-state index contributed by atoms with van der Waals surface area (Å²) in [6.07, 6.45) is 1.75. The summed E-state index contributed by atoms with van der Waals surface area (Å²) in [6.45, 7) is 5.65. The number of benzene rings is 1. The van der Waals surface area contributed by atoms with E-state index in [1.54, 1.807) is 12.0 Å². The number of aromatic nitrogens is 2. The quantitative estimate of drug-likeness (QED) is 0.763. The Balaban J connectivity index is 1.62. The van der Waals surface area contributed by atoms with Crippen molar-refractivity contribution in [3.8, 4) is 5.75 Å². The van der Waals surface area contributed by atoms with Gasteiger partial charge in [-0.3, -0.25) is 4.79 Å². The van der Waals surface area contributed by atoms with Crippen molar-refractivity contribution in [1.29, 1.82) is 0 Å². The summed E-state index contributed by atoms with van der Waals surface area (Å²) in [5, 5.41) is 3.38. The number of nitrogens with zero attached hydrogens (tertiary/aromatic N) is 4. The topological polar surface area (TPSA) is 70.6 Å². The van der Waals surface area contributed by atoms with Crippen molar-refractivity contribution >= 4 is 18.2 Å². The number of amides is 1. The molecule has 0 aliphatic carbocycles. The van der Waals surface area contributed by atoms with Crippen LogP contribution in [0.4, 0.5) is 11.8 Å². The van der Waals surface area contributed by atoms with Gasteiger partial charge in [0.15, 0.2) is 0 Å². The highest BCUT2D eigenvalue weighted by Crippen LogP contribution is 2.19. The van der Waals surface area contributed by atoms with Gasteiger partial charge in [-0.05, 0) is 25.0 Å². The molecule has 0 unspecified atom stereocenters. The van der Waals surface area contributed by atoms with E-state index in [1.165, 1.54) is 5.56 Å². The van der Waals surface area contributed by atoms with E-state index in [4.69, 9.17) is 4.74 Å². The van der Waals surface area contributed by atoms with E-state index < -0.39 is 0 Å². The highest BCUT2D eigenvalue weighted by atomic mass is 16.5. The summed E-state index contributed by atoms with van der Waals surface area (Å²) in [4.78, 5) is 23.9. The van der Waals surface area contributed by atoms with E-state index in [1.807, 2.05) is 31.2 Å². The smallest absolute Gasteiger partial charge is 0.227 e. The summed E-state index contributed by atoms with van der Waals surface area (Å²) < 4.78 is 5.39. The highest BCUT2D eigenvalue weighted by Gasteiger charge is 2.18. The molecule has 1 N–H and O–H groups in total. The second kappa shape index (κ2) is 8.51. The SMILES string of the molecule is COc1ccccc1CCNc1cc(C)nc(N2CCN(C=O)CC2)n1. The van der Waals surface area contributed by atoms with Gasteiger partial charge in [0.2, 0.25) is 12.4 Å². The Labute approximate surface area is 154 Å². The van der Waals surface area contributed by atoms with Gasteiger partial charge in [-0.2, -0.15) is 4.98 Å². The monoisotopic (exact) mass is 355 g/mol. The van der Waals surface area contributed by atoms with Crippen LogP contribution in [-0.4, -0.2) is 61.1 Å². The van der Waals surface area contributed by atoms with Crippen LogP contribution >= 0.6 is 0 Å². The van der Waals surface area contributed by atoms with Crippen LogP contribution in [0.2, 0.25) is 0 Å². The normalized spacial score (nSPS) is 14.2. The largest absolute Gasteiger partial charge is 0.496 e. The number of carbonyl (C=O) groups excluding carboxylic acids is 1. The van der Waals surface area contributed by atoms with E-state index in [9.17, 15) is 4.79 Å². The molecule has 0 atom stereocenters. The summed E-state index contributed by atoms with van der Waals surface area (Å²) in [5.41, 5.74) is 2.09. The lowest BCUT2D eigenvalue weighted by molar-refractivity contribution is -0.118. The van der Waals surface area contributed by atoms with Gasteiger partial charge in [0.05, 0.1) is 7.11 Å². The van der Waals surface area contributed by atoms with Crippen LogP contribution < -0.4 is 15.0 Å². The average molecular weight is 355 g/mol. The fraction of sp³-hybridized carbons (Fsp3) is 0.421. The number of methoxy groups -OCH3 is 1. The van der Waals surface area contributed by atoms with Gasteiger partial charge >= 0.3 is 0 Å². The maximum Gasteiger partial charge on any atom is 0.227 e. The lowest BCUT2D eigenvalue weighted by Gasteiger charge is -2.32. The van der Waals surface area contributed by atoms with Gasteiger partial charge in [0.25, 0.3) is 0 Å². The number of nitrogens with one attached hydrogen (secondary N) is 1. The van der Waals surface area contributed by atoms with Crippen molar-refractivity contribution in [2.75, 3.05) is 50.1 Å². The maximum absolute atomic E-state index is 10.8. The van der Waals surface area contributed by atoms with Crippen LogP contribution in [0, 0.1) is 6.92 Å². The molecule has 7 nitrogen and oxygen atoms in total. The molecule has 0 radical (unpaired) electrons. The fourth-order valence-electron chi connectivity index (χ4n) is 3.05. The van der Waals surface area contributed by atoms with Gasteiger partial charge in [-0.15, -0.1) is 0 Å². The second-order valence-electron chi connectivity index (χ2n) is 6.31. The highest BCUT2D eigenvalue weighted by molar-refractivity contribution is 5.49. The minimum absolute atomic E-state index is 0.706. The zero-order valence-corrected chi connectivity index (χ0v) is 15.3. The zero-order chi connectivity index (χ0) is 18.4. The van der Waals surface area contributed by atoms with Crippen LogP contribution in [0.3, 0.4) is 0 Å². The van der Waals surface area contributed by atoms with E-state index in [0.717, 1.165) is 55.7 Å². The zero-order valence-electron chi connectivity index (χ0n) is 15.3. The number of hydrogen-bond donors (Lipinski definition) is 1. The number of anilines is 2. The molecule has 0 bridgehead atoms. The molecule has 1 fully saturated rings. The Bertz CT molecular complexity index is 744. The fourth-order valence-corrected chi connectivity index (χ4v) is 3.05. The van der Waals surface area contributed by atoms with Crippen molar-refractivity contribution in [3.63, 3.8) is 0 Å². The molecule has 1 aromatic heterocycles. The third-order valence-corrected chi connectivity index (χ3v) is 4.48. The number of piperazine rings is 1. The Kier molecular flexibility index (Phi) is 5.88. The summed E-state index contributed by atoms with van der Waals surface area (Å²) in [5.74, 6) is 2.44. The van der Waals surface area contributed by atoms with Crippen molar-refractivity contribution < 1.29 is 9.53 Å². The van der Waals surface area contributed by atoms with Gasteiger partial charge in [0.1, 0.15) is 11.6 Å². The predicted molar refractivity (Wildman–Crippen MR) is 102 cm³/mol. The number of hydrogen-bond acceptors (Lipinski definition) is 6. The number of para-hydroxylation sites is 1. The third kappa shape index (κ3) is 4.41. The number of rotatable bonds is 7. The predicted octanol–water partition coefficient (Wildman–Crippen LogP) is 1.73. The van der Waals surface area contributed by atoms with Crippen LogP contribution in [0.5, 0.6) is 5.75 Å². The van der Waals surface area contributed by atoms with Crippen LogP contribution in [0.1, 0.15) is 11.3 Å². The average Bonchev–Trinajstić information content (AvgIpc) is 2.68. The third-order valence-electron chi connectivity index (χ3n) is 4.48. The van der Waals surface area contributed by atoms with E-state index in [2.05, 4.69) is 26.3 Å². The summed E-state index contributed by atoms with van der Waals surface area (Å²) >= 11 is 0. The molecule has 1 aromatic carbocycles. The molecule has 3 rings (SSSR count). The minimum Gasteiger partial charge on any atom is -0.496 e. The first-order chi connectivity index (χ1) is 12.7. The molecule has 2 aromatic rings. The number of ether oxygens (including phenoxy) is 1. The van der Waals surface area contributed by atoms with Crippen LogP contribution in [0.15, 0.2) is 30.3 Å². The molecule has 1 aliphatic rings. The second-order valence-corrected chi connectivity index (χ2v) is 6.31. The molecular weight excluding hydrogens is 330 g/mol. The molecule has 1 aliphatic heterocycles. The number of aryl methyl sites for hydroxylation is 1. The van der Waals surface area contributed by atoms with Crippen LogP contribution in [-0.2, 0) is 11.2 Å². The van der Waals surface area contributed by atoms with Gasteiger partial charge in [-0.1, -0.05) is 18.2 Å². The molecule has 138 valence electrons. The standard InChI is InChI=1S/C19H25N5O2/c1-15-13-18(20-8-7-16-5-3-4-6-17(16)26-2)22-19(21-15)24-11-9-23(14-25)10-12-24/h3-6,13-14H,7-12H2,1-2H3,(H,20,21,22). The first kappa shape index (κ1) is 18.0.